The van der Waals surface area contributed by atoms with Gasteiger partial charge in [0.2, 0.25) is 0 Å². The van der Waals surface area contributed by atoms with Gasteiger partial charge in [-0.2, -0.15) is 5.10 Å². The Kier molecular flexibility index (Phi) is 5.79. The van der Waals surface area contributed by atoms with Crippen molar-refractivity contribution in [1.29, 1.82) is 0 Å². The van der Waals surface area contributed by atoms with Crippen molar-refractivity contribution >= 4 is 29.0 Å². The minimum Gasteiger partial charge on any atom is -0.481 e. The molecule has 8 heteroatoms. The Morgan fingerprint density at radius 3 is 2.58 bits per heavy atom. The zero-order valence-corrected chi connectivity index (χ0v) is 17.1. The van der Waals surface area contributed by atoms with Crippen molar-refractivity contribution < 1.29 is 19.1 Å². The van der Waals surface area contributed by atoms with Crippen LogP contribution in [0.2, 0.25) is 0 Å². The van der Waals surface area contributed by atoms with Gasteiger partial charge >= 0.3 is 5.97 Å². The van der Waals surface area contributed by atoms with E-state index in [1.54, 1.807) is 24.4 Å². The molecule has 2 heterocycles. The number of aliphatic imine (C=N–C) groups is 1. The Bertz CT molecular complexity index is 1070. The van der Waals surface area contributed by atoms with E-state index in [0.29, 0.717) is 36.4 Å². The summed E-state index contributed by atoms with van der Waals surface area (Å²) in [6, 6.07) is 7.27. The number of nitrogens with one attached hydrogen (secondary N) is 1. The van der Waals surface area contributed by atoms with Crippen LogP contribution in [0.4, 0.5) is 10.1 Å². The van der Waals surface area contributed by atoms with Crippen molar-refractivity contribution in [2.45, 2.75) is 38.6 Å². The second-order valence-corrected chi connectivity index (χ2v) is 7.71. The lowest BCUT2D eigenvalue weighted by Gasteiger charge is -2.37. The quantitative estimate of drug-likeness (QED) is 0.660. The van der Waals surface area contributed by atoms with E-state index in [-0.39, 0.29) is 30.1 Å². The molecule has 1 aliphatic carbocycles. The maximum atomic E-state index is 13.5. The summed E-state index contributed by atoms with van der Waals surface area (Å²) in [5, 5.41) is 15.9. The van der Waals surface area contributed by atoms with Gasteiger partial charge in [0.25, 0.3) is 5.91 Å². The molecule has 2 unspecified atom stereocenters. The minimum absolute atomic E-state index is 0.0474. The van der Waals surface area contributed by atoms with Crippen molar-refractivity contribution in [1.82, 2.24) is 10.2 Å². The molecule has 4 rings (SSSR count). The first-order valence-electron chi connectivity index (χ1n) is 10.3. The number of aromatic nitrogens is 2. The van der Waals surface area contributed by atoms with E-state index < -0.39 is 5.97 Å². The topological polar surface area (TPSA) is 98.7 Å². The molecule has 0 radical (unpaired) electrons. The molecule has 1 aliphatic heterocycles. The number of aliphatic carboxylic acids is 1. The predicted octanol–water partition coefficient (Wildman–Crippen LogP) is 3.97. The first-order valence-corrected chi connectivity index (χ1v) is 10.3. The van der Waals surface area contributed by atoms with Crippen LogP contribution in [0, 0.1) is 11.7 Å². The number of halogens is 1. The van der Waals surface area contributed by atoms with Gasteiger partial charge in [-0.3, -0.25) is 24.6 Å². The SMILES string of the molecule is CC1C(c2ccn[nH]2)=CC=C2C(=O)N(c3ccc(F)cc3)C(CCCCC(=O)O)=NC21. The third-order valence-corrected chi connectivity index (χ3v) is 5.66. The number of amides is 1. The van der Waals surface area contributed by atoms with Crippen molar-refractivity contribution in [3.63, 3.8) is 0 Å². The number of benzene rings is 1. The Hall–Kier alpha value is -3.55. The molecule has 1 aromatic carbocycles. The maximum Gasteiger partial charge on any atom is 0.303 e. The summed E-state index contributed by atoms with van der Waals surface area (Å²) in [6.07, 6.45) is 6.98. The average Bonchev–Trinajstić information content (AvgIpc) is 3.27. The third kappa shape index (κ3) is 4.19. The Balaban J connectivity index is 1.69. The van der Waals surface area contributed by atoms with Gasteiger partial charge in [0.1, 0.15) is 11.7 Å². The van der Waals surface area contributed by atoms with Crippen LogP contribution in [0.25, 0.3) is 5.57 Å². The van der Waals surface area contributed by atoms with Crippen LogP contribution in [-0.2, 0) is 9.59 Å². The fraction of sp³-hybridized carbons (Fsp3) is 0.304. The second kappa shape index (κ2) is 8.67. The maximum absolute atomic E-state index is 13.5. The number of carbonyl (C=O) groups is 2. The number of amidine groups is 1. The van der Waals surface area contributed by atoms with Crippen LogP contribution < -0.4 is 4.90 Å². The molecule has 0 spiro atoms. The largest absolute Gasteiger partial charge is 0.481 e. The van der Waals surface area contributed by atoms with Crippen LogP contribution in [0.5, 0.6) is 0 Å². The van der Waals surface area contributed by atoms with E-state index in [4.69, 9.17) is 10.1 Å². The first kappa shape index (κ1) is 20.7. The second-order valence-electron chi connectivity index (χ2n) is 7.71. The number of anilines is 1. The molecule has 1 aromatic heterocycles. The molecule has 7 nitrogen and oxygen atoms in total. The molecule has 0 bridgehead atoms. The number of nitrogens with zero attached hydrogens (tertiary/aromatic N) is 3. The number of carbonyl (C=O) groups excluding carboxylic acids is 1. The Morgan fingerprint density at radius 2 is 1.90 bits per heavy atom. The number of fused-ring (bicyclic) bond motifs is 1. The predicted molar refractivity (Wildman–Crippen MR) is 115 cm³/mol. The lowest BCUT2D eigenvalue weighted by molar-refractivity contribution is -0.137. The summed E-state index contributed by atoms with van der Waals surface area (Å²) in [5.41, 5.74) is 3.02. The summed E-state index contributed by atoms with van der Waals surface area (Å²) in [5.74, 6) is -0.900. The molecule has 2 atom stereocenters. The van der Waals surface area contributed by atoms with Crippen LogP contribution >= 0.6 is 0 Å². The summed E-state index contributed by atoms with van der Waals surface area (Å²) in [7, 11) is 0. The number of rotatable bonds is 7. The lowest BCUT2D eigenvalue weighted by atomic mass is 9.81. The van der Waals surface area contributed by atoms with Crippen LogP contribution in [0.1, 0.15) is 38.3 Å². The fourth-order valence-electron chi connectivity index (χ4n) is 4.06. The van der Waals surface area contributed by atoms with Gasteiger partial charge in [-0.05, 0) is 48.7 Å². The Morgan fingerprint density at radius 1 is 1.16 bits per heavy atom. The number of unbranched alkanes of at least 4 members (excludes halogenated alkanes) is 1. The Labute approximate surface area is 179 Å². The number of H-pyrrole nitrogens is 1. The first-order chi connectivity index (χ1) is 15.0. The molecule has 2 aromatic rings. The highest BCUT2D eigenvalue weighted by atomic mass is 19.1. The van der Waals surface area contributed by atoms with E-state index >= 15 is 0 Å². The fourth-order valence-corrected chi connectivity index (χ4v) is 4.06. The third-order valence-electron chi connectivity index (χ3n) is 5.66. The highest BCUT2D eigenvalue weighted by Crippen LogP contribution is 2.38. The number of hydrogen-bond acceptors (Lipinski definition) is 4. The molecular formula is C23H23FN4O3. The lowest BCUT2D eigenvalue weighted by Crippen LogP contribution is -2.47. The summed E-state index contributed by atoms with van der Waals surface area (Å²) >= 11 is 0. The van der Waals surface area contributed by atoms with Gasteiger partial charge in [-0.1, -0.05) is 19.1 Å². The highest BCUT2D eigenvalue weighted by Gasteiger charge is 2.39. The van der Waals surface area contributed by atoms with Crippen molar-refractivity contribution in [3.05, 3.63) is 65.8 Å². The van der Waals surface area contributed by atoms with Crippen LogP contribution in [0.15, 0.2) is 59.2 Å². The van der Waals surface area contributed by atoms with Crippen LogP contribution in [-0.4, -0.2) is 39.1 Å². The molecule has 0 saturated heterocycles. The van der Waals surface area contributed by atoms with Gasteiger partial charge in [-0.25, -0.2) is 4.39 Å². The van der Waals surface area contributed by atoms with Gasteiger partial charge in [-0.15, -0.1) is 0 Å². The molecule has 31 heavy (non-hydrogen) atoms. The van der Waals surface area contributed by atoms with E-state index in [1.807, 2.05) is 19.1 Å². The number of allylic oxidation sites excluding steroid dienone is 2. The summed E-state index contributed by atoms with van der Waals surface area (Å²) < 4.78 is 13.5. The molecule has 2 N–H and O–H groups in total. The molecule has 160 valence electrons. The molecular weight excluding hydrogens is 399 g/mol. The molecule has 2 aliphatic rings. The molecule has 0 saturated carbocycles. The summed E-state index contributed by atoms with van der Waals surface area (Å²) in [6.45, 7) is 2.02. The highest BCUT2D eigenvalue weighted by molar-refractivity contribution is 6.25. The van der Waals surface area contributed by atoms with E-state index in [2.05, 4.69) is 10.2 Å². The number of carboxylic acid groups (broad SMARTS) is 1. The van der Waals surface area contributed by atoms with E-state index in [1.165, 1.54) is 17.0 Å². The standard InChI is InChI=1S/C23H23FN4O3/c1-14-17(19-12-13-25-27-19)10-11-18-22(14)26-20(4-2-3-5-21(29)30)28(23(18)31)16-8-6-15(24)7-9-16/h6-14,22H,2-5H2,1H3,(H,25,27)(H,29,30). The zero-order valence-electron chi connectivity index (χ0n) is 17.1. The molecule has 1 amide bonds. The molecule has 0 fully saturated rings. The smallest absolute Gasteiger partial charge is 0.303 e. The van der Waals surface area contributed by atoms with E-state index in [0.717, 1.165) is 11.3 Å². The van der Waals surface area contributed by atoms with Gasteiger partial charge < -0.3 is 5.11 Å². The number of hydrogen-bond donors (Lipinski definition) is 2. The van der Waals surface area contributed by atoms with Gasteiger partial charge in [0.05, 0.1) is 17.4 Å². The monoisotopic (exact) mass is 422 g/mol. The zero-order chi connectivity index (χ0) is 22.0. The van der Waals surface area contributed by atoms with Gasteiger partial charge in [0.15, 0.2) is 0 Å². The normalized spacial score (nSPS) is 20.6. The summed E-state index contributed by atoms with van der Waals surface area (Å²) in [4.78, 5) is 30.8. The minimum atomic E-state index is -0.850. The number of aromatic amines is 1. The van der Waals surface area contributed by atoms with E-state index in [9.17, 15) is 14.0 Å². The number of carboxylic acids is 1. The van der Waals surface area contributed by atoms with Gasteiger partial charge in [0, 0.05) is 30.5 Å². The van der Waals surface area contributed by atoms with Crippen molar-refractivity contribution in [3.8, 4) is 0 Å². The van der Waals surface area contributed by atoms with Crippen LogP contribution in [0.3, 0.4) is 0 Å². The van der Waals surface area contributed by atoms with Crippen molar-refractivity contribution in [2.75, 3.05) is 4.90 Å². The average molecular weight is 422 g/mol. The van der Waals surface area contributed by atoms with Crippen molar-refractivity contribution in [2.24, 2.45) is 10.9 Å².